The predicted molar refractivity (Wildman–Crippen MR) is 83.0 cm³/mol. The summed E-state index contributed by atoms with van der Waals surface area (Å²) < 4.78 is 0. The van der Waals surface area contributed by atoms with Crippen LogP contribution in [0.1, 0.15) is 22.6 Å². The van der Waals surface area contributed by atoms with Crippen LogP contribution in [-0.2, 0) is 11.3 Å². The molecular weight excluding hydrogens is 272 g/mol. The molecule has 1 fully saturated rings. The SMILES string of the molecule is CN(Cc1ccc(C=CC(=O)O)s1)CC1CCCN1C. The van der Waals surface area contributed by atoms with Crippen molar-refractivity contribution in [3.8, 4) is 0 Å². The van der Waals surface area contributed by atoms with Crippen molar-refractivity contribution in [1.29, 1.82) is 0 Å². The van der Waals surface area contributed by atoms with Crippen LogP contribution in [0.25, 0.3) is 6.08 Å². The number of carbonyl (C=O) groups is 1. The number of thiophene rings is 1. The second kappa shape index (κ2) is 7.02. The average molecular weight is 294 g/mol. The molecule has 5 heteroatoms. The quantitative estimate of drug-likeness (QED) is 0.818. The fourth-order valence-electron chi connectivity index (χ4n) is 2.62. The fraction of sp³-hybridized carbons (Fsp3) is 0.533. The summed E-state index contributed by atoms with van der Waals surface area (Å²) in [5, 5.41) is 8.62. The number of likely N-dealkylation sites (N-methyl/N-ethyl adjacent to an activating group) is 2. The van der Waals surface area contributed by atoms with E-state index in [0.717, 1.165) is 18.0 Å². The highest BCUT2D eigenvalue weighted by Crippen LogP contribution is 2.21. The van der Waals surface area contributed by atoms with Crippen molar-refractivity contribution in [3.63, 3.8) is 0 Å². The molecule has 0 aliphatic carbocycles. The van der Waals surface area contributed by atoms with Crippen molar-refractivity contribution < 1.29 is 9.90 Å². The number of rotatable bonds is 6. The maximum atomic E-state index is 10.5. The molecule has 1 unspecified atom stereocenters. The van der Waals surface area contributed by atoms with E-state index in [-0.39, 0.29) is 0 Å². The van der Waals surface area contributed by atoms with Crippen LogP contribution in [0.2, 0.25) is 0 Å². The van der Waals surface area contributed by atoms with Crippen molar-refractivity contribution in [2.45, 2.75) is 25.4 Å². The van der Waals surface area contributed by atoms with Gasteiger partial charge < -0.3 is 10.0 Å². The largest absolute Gasteiger partial charge is 0.478 e. The van der Waals surface area contributed by atoms with Crippen LogP contribution in [0.5, 0.6) is 0 Å². The van der Waals surface area contributed by atoms with Crippen LogP contribution in [0, 0.1) is 0 Å². The van der Waals surface area contributed by atoms with Crippen molar-refractivity contribution >= 4 is 23.4 Å². The average Bonchev–Trinajstić information content (AvgIpc) is 2.97. The van der Waals surface area contributed by atoms with Crippen LogP contribution < -0.4 is 0 Å². The first-order valence-corrected chi connectivity index (χ1v) is 7.75. The predicted octanol–water partition coefficient (Wildman–Crippen LogP) is 2.37. The Kier molecular flexibility index (Phi) is 5.34. The summed E-state index contributed by atoms with van der Waals surface area (Å²) in [6.07, 6.45) is 5.43. The van der Waals surface area contributed by atoms with E-state index < -0.39 is 5.97 Å². The Morgan fingerprint density at radius 2 is 2.40 bits per heavy atom. The van der Waals surface area contributed by atoms with Crippen molar-refractivity contribution in [2.24, 2.45) is 0 Å². The first kappa shape index (κ1) is 15.2. The van der Waals surface area contributed by atoms with Gasteiger partial charge in [0.1, 0.15) is 0 Å². The van der Waals surface area contributed by atoms with Gasteiger partial charge in [-0.1, -0.05) is 0 Å². The van der Waals surface area contributed by atoms with Crippen LogP contribution in [0.15, 0.2) is 18.2 Å². The van der Waals surface area contributed by atoms with E-state index in [4.69, 9.17) is 5.11 Å². The second-order valence-corrected chi connectivity index (χ2v) is 6.65. The number of carboxylic acids is 1. The topological polar surface area (TPSA) is 43.8 Å². The monoisotopic (exact) mass is 294 g/mol. The normalized spacial score (nSPS) is 20.2. The van der Waals surface area contributed by atoms with E-state index in [1.54, 1.807) is 17.4 Å². The van der Waals surface area contributed by atoms with E-state index >= 15 is 0 Å². The molecule has 0 saturated carbocycles. The molecule has 1 N–H and O–H groups in total. The van der Waals surface area contributed by atoms with Gasteiger partial charge in [0.25, 0.3) is 0 Å². The molecule has 1 aromatic rings. The van der Waals surface area contributed by atoms with Crippen LogP contribution in [0.3, 0.4) is 0 Å². The third-order valence-corrected chi connectivity index (χ3v) is 4.73. The Bertz CT molecular complexity index is 484. The number of aliphatic carboxylic acids is 1. The van der Waals surface area contributed by atoms with E-state index in [9.17, 15) is 4.79 Å². The number of carboxylic acid groups (broad SMARTS) is 1. The Morgan fingerprint density at radius 1 is 1.60 bits per heavy atom. The zero-order chi connectivity index (χ0) is 14.5. The van der Waals surface area contributed by atoms with E-state index in [0.29, 0.717) is 6.04 Å². The minimum Gasteiger partial charge on any atom is -0.478 e. The first-order chi connectivity index (χ1) is 9.54. The summed E-state index contributed by atoms with van der Waals surface area (Å²) >= 11 is 1.66. The van der Waals surface area contributed by atoms with Crippen molar-refractivity contribution in [2.75, 3.05) is 27.2 Å². The van der Waals surface area contributed by atoms with E-state index in [1.165, 1.54) is 30.3 Å². The summed E-state index contributed by atoms with van der Waals surface area (Å²) in [6.45, 7) is 3.23. The van der Waals surface area contributed by atoms with Crippen molar-refractivity contribution in [3.05, 3.63) is 28.0 Å². The molecule has 0 aromatic carbocycles. The molecule has 1 aliphatic rings. The molecular formula is C15H22N2O2S. The molecule has 1 aliphatic heterocycles. The Balaban J connectivity index is 1.85. The number of nitrogens with zero attached hydrogens (tertiary/aromatic N) is 2. The highest BCUT2D eigenvalue weighted by molar-refractivity contribution is 7.12. The van der Waals surface area contributed by atoms with E-state index in [2.05, 4.69) is 30.0 Å². The van der Waals surface area contributed by atoms with Gasteiger partial charge in [-0.25, -0.2) is 4.79 Å². The molecule has 0 spiro atoms. The Morgan fingerprint density at radius 3 is 3.05 bits per heavy atom. The summed E-state index contributed by atoms with van der Waals surface area (Å²) in [7, 11) is 4.35. The second-order valence-electron chi connectivity index (χ2n) is 5.45. The molecule has 0 amide bonds. The molecule has 1 saturated heterocycles. The van der Waals surface area contributed by atoms with Gasteiger partial charge in [-0.3, -0.25) is 4.90 Å². The van der Waals surface area contributed by atoms with Gasteiger partial charge in [0, 0.05) is 35.0 Å². The highest BCUT2D eigenvalue weighted by atomic mass is 32.1. The third-order valence-electron chi connectivity index (χ3n) is 3.69. The van der Waals surface area contributed by atoms with E-state index in [1.807, 2.05) is 6.07 Å². The third kappa shape index (κ3) is 4.44. The molecule has 0 radical (unpaired) electrons. The number of hydrogen-bond acceptors (Lipinski definition) is 4. The molecule has 2 heterocycles. The molecule has 0 bridgehead atoms. The maximum absolute atomic E-state index is 10.5. The molecule has 20 heavy (non-hydrogen) atoms. The van der Waals surface area contributed by atoms with Gasteiger partial charge in [0.2, 0.25) is 0 Å². The molecule has 110 valence electrons. The van der Waals surface area contributed by atoms with Crippen LogP contribution >= 0.6 is 11.3 Å². The molecule has 4 nitrogen and oxygen atoms in total. The minimum absolute atomic E-state index is 0.673. The molecule has 1 atom stereocenters. The van der Waals surface area contributed by atoms with Gasteiger partial charge in [-0.15, -0.1) is 11.3 Å². The lowest BCUT2D eigenvalue weighted by atomic mass is 10.2. The fourth-order valence-corrected chi connectivity index (χ4v) is 3.62. The number of hydrogen-bond donors (Lipinski definition) is 1. The van der Waals surface area contributed by atoms with Crippen LogP contribution in [-0.4, -0.2) is 54.1 Å². The summed E-state index contributed by atoms with van der Waals surface area (Å²) in [6, 6.07) is 4.74. The standard InChI is InChI=1S/C15H22N2O2S/c1-16(10-12-4-3-9-17(12)2)11-14-6-5-13(20-14)7-8-15(18)19/h5-8,12H,3-4,9-11H2,1-2H3,(H,18,19). The lowest BCUT2D eigenvalue weighted by molar-refractivity contribution is -0.131. The number of likely N-dealkylation sites (tertiary alicyclic amines) is 1. The lowest BCUT2D eigenvalue weighted by Gasteiger charge is -2.25. The van der Waals surface area contributed by atoms with Gasteiger partial charge >= 0.3 is 5.97 Å². The van der Waals surface area contributed by atoms with Gasteiger partial charge in [-0.2, -0.15) is 0 Å². The smallest absolute Gasteiger partial charge is 0.328 e. The zero-order valence-corrected chi connectivity index (χ0v) is 12.9. The minimum atomic E-state index is -0.902. The summed E-state index contributed by atoms with van der Waals surface area (Å²) in [4.78, 5) is 17.5. The Hall–Kier alpha value is -1.17. The van der Waals surface area contributed by atoms with Gasteiger partial charge in [0.15, 0.2) is 0 Å². The summed E-state index contributed by atoms with van der Waals surface area (Å²) in [5.41, 5.74) is 0. The summed E-state index contributed by atoms with van der Waals surface area (Å²) in [5.74, 6) is -0.902. The first-order valence-electron chi connectivity index (χ1n) is 6.93. The Labute approximate surface area is 124 Å². The van der Waals surface area contributed by atoms with Crippen molar-refractivity contribution in [1.82, 2.24) is 9.80 Å². The maximum Gasteiger partial charge on any atom is 0.328 e. The van der Waals surface area contributed by atoms with Gasteiger partial charge in [-0.05, 0) is 51.7 Å². The molecule has 2 rings (SSSR count). The zero-order valence-electron chi connectivity index (χ0n) is 12.1. The lowest BCUT2D eigenvalue weighted by Crippen LogP contribution is -2.36. The highest BCUT2D eigenvalue weighted by Gasteiger charge is 2.22. The van der Waals surface area contributed by atoms with Crippen LogP contribution in [0.4, 0.5) is 0 Å². The molecule has 1 aromatic heterocycles. The van der Waals surface area contributed by atoms with Gasteiger partial charge in [0.05, 0.1) is 0 Å².